The first-order valence-corrected chi connectivity index (χ1v) is 5.99. The molecule has 2 N–H and O–H groups in total. The number of hydrogen-bond acceptors (Lipinski definition) is 3. The van der Waals surface area contributed by atoms with Gasteiger partial charge in [-0.2, -0.15) is 0 Å². The number of rotatable bonds is 4. The normalized spacial score (nSPS) is 10.6. The van der Waals surface area contributed by atoms with Crippen LogP contribution in [0, 0.1) is 6.92 Å². The third-order valence-corrected chi connectivity index (χ3v) is 3.06. The summed E-state index contributed by atoms with van der Waals surface area (Å²) in [6.07, 6.45) is 0. The predicted octanol–water partition coefficient (Wildman–Crippen LogP) is 1.39. The molecule has 1 amide bonds. The van der Waals surface area contributed by atoms with Crippen molar-refractivity contribution in [1.82, 2.24) is 9.88 Å². The van der Waals surface area contributed by atoms with Crippen molar-refractivity contribution in [2.24, 2.45) is 7.05 Å². The standard InChI is InChI=1S/C12H15ClN2O4/c1-5(2)14-11(17)9(16)8-6(3)7(12(18)19)10(13)15(8)4/h5H,1-4H3,(H,14,17)(H,18,19). The van der Waals surface area contributed by atoms with Crippen molar-refractivity contribution in [3.63, 3.8) is 0 Å². The second-order valence-electron chi connectivity index (χ2n) is 4.46. The van der Waals surface area contributed by atoms with E-state index in [1.54, 1.807) is 13.8 Å². The lowest BCUT2D eigenvalue weighted by molar-refractivity contribution is -0.117. The van der Waals surface area contributed by atoms with Crippen molar-refractivity contribution in [2.75, 3.05) is 0 Å². The van der Waals surface area contributed by atoms with Crippen LogP contribution in [0.5, 0.6) is 0 Å². The predicted molar refractivity (Wildman–Crippen MR) is 69.7 cm³/mol. The van der Waals surface area contributed by atoms with Crippen LogP contribution in [0.2, 0.25) is 5.15 Å². The Hall–Kier alpha value is -1.82. The number of carboxylic acids is 1. The van der Waals surface area contributed by atoms with E-state index in [0.717, 1.165) is 0 Å². The van der Waals surface area contributed by atoms with Gasteiger partial charge in [0.2, 0.25) is 0 Å². The number of halogens is 1. The van der Waals surface area contributed by atoms with Crippen molar-refractivity contribution < 1.29 is 19.5 Å². The Morgan fingerprint density at radius 1 is 1.32 bits per heavy atom. The molecule has 104 valence electrons. The number of Topliss-reactive ketones (excluding diaryl/α,β-unsaturated/α-hetero) is 1. The van der Waals surface area contributed by atoms with Gasteiger partial charge in [0.05, 0.1) is 5.69 Å². The number of amides is 1. The Morgan fingerprint density at radius 2 is 1.84 bits per heavy atom. The molecule has 1 aromatic heterocycles. The lowest BCUT2D eigenvalue weighted by Crippen LogP contribution is -2.37. The summed E-state index contributed by atoms with van der Waals surface area (Å²) < 4.78 is 1.21. The molecule has 0 spiro atoms. The van der Waals surface area contributed by atoms with Gasteiger partial charge >= 0.3 is 5.97 Å². The van der Waals surface area contributed by atoms with Gasteiger partial charge in [0.25, 0.3) is 11.7 Å². The van der Waals surface area contributed by atoms with E-state index in [4.69, 9.17) is 16.7 Å². The summed E-state index contributed by atoms with van der Waals surface area (Å²) in [4.78, 5) is 34.8. The Bertz CT molecular complexity index is 561. The van der Waals surface area contributed by atoms with Crippen LogP contribution in [0.1, 0.15) is 40.3 Å². The number of carboxylic acid groups (broad SMARTS) is 1. The van der Waals surface area contributed by atoms with Crippen LogP contribution in [0.25, 0.3) is 0 Å². The molecule has 0 aromatic carbocycles. The Labute approximate surface area is 115 Å². The number of nitrogens with one attached hydrogen (secondary N) is 1. The summed E-state index contributed by atoms with van der Waals surface area (Å²) in [5, 5.41) is 11.4. The van der Waals surface area contributed by atoms with Crippen molar-refractivity contribution in [3.05, 3.63) is 22.0 Å². The third-order valence-electron chi connectivity index (χ3n) is 2.62. The van der Waals surface area contributed by atoms with E-state index < -0.39 is 17.7 Å². The molecule has 0 atom stereocenters. The van der Waals surface area contributed by atoms with E-state index in [1.165, 1.54) is 18.5 Å². The first kappa shape index (κ1) is 15.2. The van der Waals surface area contributed by atoms with Crippen LogP contribution in [-0.4, -0.2) is 33.4 Å². The zero-order valence-corrected chi connectivity index (χ0v) is 11.8. The van der Waals surface area contributed by atoms with Crippen LogP contribution in [0.4, 0.5) is 0 Å². The van der Waals surface area contributed by atoms with Gasteiger partial charge in [0.15, 0.2) is 0 Å². The molecule has 0 fully saturated rings. The highest BCUT2D eigenvalue weighted by Gasteiger charge is 2.29. The van der Waals surface area contributed by atoms with Gasteiger partial charge in [0.1, 0.15) is 10.7 Å². The highest BCUT2D eigenvalue weighted by Crippen LogP contribution is 2.26. The molecule has 0 bridgehead atoms. The molecule has 0 unspecified atom stereocenters. The average molecular weight is 287 g/mol. The van der Waals surface area contributed by atoms with E-state index in [2.05, 4.69) is 5.32 Å². The van der Waals surface area contributed by atoms with Crippen LogP contribution >= 0.6 is 11.6 Å². The summed E-state index contributed by atoms with van der Waals surface area (Å²) in [6, 6.07) is -0.188. The summed E-state index contributed by atoms with van der Waals surface area (Å²) >= 11 is 5.87. The lowest BCUT2D eigenvalue weighted by atomic mass is 10.1. The first-order chi connectivity index (χ1) is 8.68. The second-order valence-corrected chi connectivity index (χ2v) is 4.82. The molecule has 0 radical (unpaired) electrons. The van der Waals surface area contributed by atoms with Gasteiger partial charge in [0, 0.05) is 13.1 Å². The number of carbonyl (C=O) groups excluding carboxylic acids is 2. The number of hydrogen-bond donors (Lipinski definition) is 2. The molecule has 0 saturated carbocycles. The van der Waals surface area contributed by atoms with Crippen molar-refractivity contribution in [1.29, 1.82) is 0 Å². The summed E-state index contributed by atoms with van der Waals surface area (Å²) in [5.74, 6) is -2.82. The number of aromatic carboxylic acids is 1. The lowest BCUT2D eigenvalue weighted by Gasteiger charge is -2.08. The minimum absolute atomic E-state index is 0.0134. The number of nitrogens with zero attached hydrogens (tertiary/aromatic N) is 1. The van der Waals surface area contributed by atoms with Crippen molar-refractivity contribution in [3.8, 4) is 0 Å². The van der Waals surface area contributed by atoms with Gasteiger partial charge in [-0.05, 0) is 26.3 Å². The number of carbonyl (C=O) groups is 3. The summed E-state index contributed by atoms with van der Waals surface area (Å²) in [7, 11) is 1.44. The molecule has 0 saturated heterocycles. The minimum Gasteiger partial charge on any atom is -0.478 e. The smallest absolute Gasteiger partial charge is 0.339 e. The minimum atomic E-state index is -1.23. The van der Waals surface area contributed by atoms with E-state index in [-0.39, 0.29) is 28.0 Å². The van der Waals surface area contributed by atoms with E-state index in [1.807, 2.05) is 0 Å². The second kappa shape index (κ2) is 5.44. The van der Waals surface area contributed by atoms with E-state index in [9.17, 15) is 14.4 Å². The van der Waals surface area contributed by atoms with Crippen LogP contribution in [0.15, 0.2) is 0 Å². The Kier molecular flexibility index (Phi) is 4.36. The zero-order chi connectivity index (χ0) is 14.9. The molecular weight excluding hydrogens is 272 g/mol. The first-order valence-electron chi connectivity index (χ1n) is 5.61. The fraction of sp³-hybridized carbons (Fsp3) is 0.417. The molecule has 19 heavy (non-hydrogen) atoms. The van der Waals surface area contributed by atoms with Gasteiger partial charge < -0.3 is 15.0 Å². The van der Waals surface area contributed by atoms with E-state index in [0.29, 0.717) is 0 Å². The van der Waals surface area contributed by atoms with Crippen LogP contribution in [0.3, 0.4) is 0 Å². The number of ketones is 1. The highest BCUT2D eigenvalue weighted by molar-refractivity contribution is 6.44. The quantitative estimate of drug-likeness (QED) is 0.647. The maximum Gasteiger partial charge on any atom is 0.339 e. The molecule has 0 aliphatic rings. The Morgan fingerprint density at radius 3 is 2.21 bits per heavy atom. The highest BCUT2D eigenvalue weighted by atomic mass is 35.5. The Balaban J connectivity index is 3.29. The molecule has 0 aliphatic carbocycles. The van der Waals surface area contributed by atoms with Gasteiger partial charge in [-0.15, -0.1) is 0 Å². The van der Waals surface area contributed by atoms with Crippen LogP contribution in [-0.2, 0) is 11.8 Å². The van der Waals surface area contributed by atoms with Gasteiger partial charge in [-0.1, -0.05) is 11.6 Å². The maximum absolute atomic E-state index is 12.0. The largest absolute Gasteiger partial charge is 0.478 e. The van der Waals surface area contributed by atoms with Gasteiger partial charge in [-0.25, -0.2) is 4.79 Å². The molecule has 1 rings (SSSR count). The third kappa shape index (κ3) is 2.78. The number of aromatic nitrogens is 1. The SMILES string of the molecule is Cc1c(C(=O)O)c(Cl)n(C)c1C(=O)C(=O)NC(C)C. The topological polar surface area (TPSA) is 88.4 Å². The maximum atomic E-state index is 12.0. The van der Waals surface area contributed by atoms with Crippen LogP contribution < -0.4 is 5.32 Å². The van der Waals surface area contributed by atoms with Gasteiger partial charge in [-0.3, -0.25) is 9.59 Å². The van der Waals surface area contributed by atoms with Crippen molar-refractivity contribution in [2.45, 2.75) is 26.8 Å². The van der Waals surface area contributed by atoms with E-state index >= 15 is 0 Å². The molecule has 1 aromatic rings. The molecular formula is C12H15ClN2O4. The zero-order valence-electron chi connectivity index (χ0n) is 11.1. The monoisotopic (exact) mass is 286 g/mol. The summed E-state index contributed by atoms with van der Waals surface area (Å²) in [5.41, 5.74) is 0.00863. The summed E-state index contributed by atoms with van der Waals surface area (Å²) in [6.45, 7) is 4.89. The molecule has 0 aliphatic heterocycles. The molecule has 1 heterocycles. The fourth-order valence-electron chi connectivity index (χ4n) is 1.80. The average Bonchev–Trinajstić information content (AvgIpc) is 2.48. The van der Waals surface area contributed by atoms with Crippen molar-refractivity contribution >= 4 is 29.3 Å². The fourth-order valence-corrected chi connectivity index (χ4v) is 2.10. The molecule has 7 heteroatoms. The molecule has 6 nitrogen and oxygen atoms in total.